The van der Waals surface area contributed by atoms with Crippen LogP contribution >= 0.6 is 0 Å². The molecule has 15 heavy (non-hydrogen) atoms. The Balaban J connectivity index is 2.74. The first-order valence-electron chi connectivity index (χ1n) is 4.73. The van der Waals surface area contributed by atoms with Crippen molar-refractivity contribution in [3.8, 4) is 0 Å². The van der Waals surface area contributed by atoms with Gasteiger partial charge in [-0.1, -0.05) is 0 Å². The van der Waals surface area contributed by atoms with E-state index >= 15 is 0 Å². The van der Waals surface area contributed by atoms with E-state index in [0.29, 0.717) is 17.6 Å². The van der Waals surface area contributed by atoms with Gasteiger partial charge in [0.1, 0.15) is 5.82 Å². The lowest BCUT2D eigenvalue weighted by atomic mass is 10.2. The predicted octanol–water partition coefficient (Wildman–Crippen LogP) is 0.988. The molecule has 0 saturated carbocycles. The SMILES string of the molecule is CC(CN)n1c(=O)[nH]c2cc(F)ccc21. The third-order valence-corrected chi connectivity index (χ3v) is 2.46. The zero-order chi connectivity index (χ0) is 11.0. The Kier molecular flexibility index (Phi) is 2.32. The average Bonchev–Trinajstić information content (AvgIpc) is 2.52. The lowest BCUT2D eigenvalue weighted by Crippen LogP contribution is -2.25. The molecule has 4 nitrogen and oxygen atoms in total. The monoisotopic (exact) mass is 209 g/mol. The highest BCUT2D eigenvalue weighted by atomic mass is 19.1. The Morgan fingerprint density at radius 1 is 1.60 bits per heavy atom. The summed E-state index contributed by atoms with van der Waals surface area (Å²) in [6.45, 7) is 2.21. The molecule has 80 valence electrons. The van der Waals surface area contributed by atoms with Gasteiger partial charge in [-0.05, 0) is 25.1 Å². The second-order valence-corrected chi connectivity index (χ2v) is 3.55. The molecule has 0 aliphatic carbocycles. The molecule has 0 radical (unpaired) electrons. The molecule has 5 heteroatoms. The van der Waals surface area contributed by atoms with Crippen molar-refractivity contribution in [3.63, 3.8) is 0 Å². The summed E-state index contributed by atoms with van der Waals surface area (Å²) in [4.78, 5) is 14.2. The standard InChI is InChI=1S/C10H12FN3O/c1-6(5-12)14-9-3-2-7(11)4-8(9)13-10(14)15/h2-4,6H,5,12H2,1H3,(H,13,15). The van der Waals surface area contributed by atoms with Crippen LogP contribution in [0.3, 0.4) is 0 Å². The number of halogens is 1. The number of H-pyrrole nitrogens is 1. The van der Waals surface area contributed by atoms with Crippen LogP contribution in [0.4, 0.5) is 4.39 Å². The van der Waals surface area contributed by atoms with Gasteiger partial charge in [0.25, 0.3) is 0 Å². The van der Waals surface area contributed by atoms with E-state index in [2.05, 4.69) is 4.98 Å². The van der Waals surface area contributed by atoms with Crippen LogP contribution in [-0.2, 0) is 0 Å². The van der Waals surface area contributed by atoms with E-state index in [1.165, 1.54) is 16.7 Å². The smallest absolute Gasteiger partial charge is 0.326 e. The van der Waals surface area contributed by atoms with Crippen molar-refractivity contribution in [2.24, 2.45) is 5.73 Å². The largest absolute Gasteiger partial charge is 0.328 e. The number of imidazole rings is 1. The van der Waals surface area contributed by atoms with E-state index in [1.54, 1.807) is 6.07 Å². The fraction of sp³-hybridized carbons (Fsp3) is 0.300. The molecule has 0 aliphatic rings. The maximum atomic E-state index is 12.9. The molecular weight excluding hydrogens is 197 g/mol. The minimum Gasteiger partial charge on any atom is -0.328 e. The van der Waals surface area contributed by atoms with E-state index in [0.717, 1.165) is 0 Å². The van der Waals surface area contributed by atoms with Crippen molar-refractivity contribution in [1.82, 2.24) is 9.55 Å². The Morgan fingerprint density at radius 2 is 2.33 bits per heavy atom. The number of hydrogen-bond acceptors (Lipinski definition) is 2. The lowest BCUT2D eigenvalue weighted by molar-refractivity contribution is 0.556. The van der Waals surface area contributed by atoms with E-state index in [-0.39, 0.29) is 17.5 Å². The van der Waals surface area contributed by atoms with Gasteiger partial charge in [-0.25, -0.2) is 9.18 Å². The van der Waals surface area contributed by atoms with Crippen molar-refractivity contribution in [2.75, 3.05) is 6.54 Å². The summed E-state index contributed by atoms with van der Waals surface area (Å²) >= 11 is 0. The van der Waals surface area contributed by atoms with Gasteiger partial charge in [0, 0.05) is 12.6 Å². The summed E-state index contributed by atoms with van der Waals surface area (Å²) in [6, 6.07) is 4.11. The third kappa shape index (κ3) is 1.55. The molecule has 1 unspecified atom stereocenters. The van der Waals surface area contributed by atoms with Gasteiger partial charge in [0.2, 0.25) is 0 Å². The normalized spacial score (nSPS) is 13.3. The topological polar surface area (TPSA) is 63.8 Å². The molecule has 0 aliphatic heterocycles. The van der Waals surface area contributed by atoms with E-state index in [1.807, 2.05) is 6.92 Å². The number of aromatic nitrogens is 2. The summed E-state index contributed by atoms with van der Waals surface area (Å²) < 4.78 is 14.4. The molecule has 0 fully saturated rings. The highest BCUT2D eigenvalue weighted by molar-refractivity contribution is 5.75. The molecular formula is C10H12FN3O. The van der Waals surface area contributed by atoms with Gasteiger partial charge in [0.15, 0.2) is 0 Å². The van der Waals surface area contributed by atoms with Crippen molar-refractivity contribution in [1.29, 1.82) is 0 Å². The van der Waals surface area contributed by atoms with Gasteiger partial charge in [-0.2, -0.15) is 0 Å². The van der Waals surface area contributed by atoms with Crippen LogP contribution in [-0.4, -0.2) is 16.1 Å². The minimum absolute atomic E-state index is 0.100. The molecule has 0 bridgehead atoms. The van der Waals surface area contributed by atoms with Gasteiger partial charge in [-0.3, -0.25) is 4.57 Å². The summed E-state index contributed by atoms with van der Waals surface area (Å²) in [5.41, 5.74) is 6.43. The summed E-state index contributed by atoms with van der Waals surface area (Å²) in [5, 5.41) is 0. The van der Waals surface area contributed by atoms with E-state index in [9.17, 15) is 9.18 Å². The summed E-state index contributed by atoms with van der Waals surface area (Å²) in [5.74, 6) is -0.365. The van der Waals surface area contributed by atoms with Gasteiger partial charge in [0.05, 0.1) is 11.0 Å². The maximum Gasteiger partial charge on any atom is 0.326 e. The Hall–Kier alpha value is -1.62. The molecule has 0 saturated heterocycles. The number of aromatic amines is 1. The number of fused-ring (bicyclic) bond motifs is 1. The van der Waals surface area contributed by atoms with Crippen molar-refractivity contribution in [2.45, 2.75) is 13.0 Å². The predicted molar refractivity (Wildman–Crippen MR) is 56.3 cm³/mol. The number of nitrogens with one attached hydrogen (secondary N) is 1. The van der Waals surface area contributed by atoms with Crippen molar-refractivity contribution >= 4 is 11.0 Å². The zero-order valence-electron chi connectivity index (χ0n) is 8.33. The third-order valence-electron chi connectivity index (χ3n) is 2.46. The molecule has 1 atom stereocenters. The van der Waals surface area contributed by atoms with Crippen LogP contribution in [0, 0.1) is 5.82 Å². The quantitative estimate of drug-likeness (QED) is 0.774. The molecule has 0 spiro atoms. The van der Waals surface area contributed by atoms with Gasteiger partial charge in [-0.15, -0.1) is 0 Å². The fourth-order valence-corrected chi connectivity index (χ4v) is 1.65. The van der Waals surface area contributed by atoms with Crippen LogP contribution < -0.4 is 11.4 Å². The Labute approximate surface area is 85.5 Å². The number of nitrogens with zero attached hydrogens (tertiary/aromatic N) is 1. The van der Waals surface area contributed by atoms with Crippen LogP contribution in [0.2, 0.25) is 0 Å². The number of hydrogen-bond donors (Lipinski definition) is 2. The van der Waals surface area contributed by atoms with E-state index < -0.39 is 0 Å². The fourth-order valence-electron chi connectivity index (χ4n) is 1.65. The van der Waals surface area contributed by atoms with Crippen LogP contribution in [0.25, 0.3) is 11.0 Å². The first-order chi connectivity index (χ1) is 7.13. The molecule has 1 aromatic heterocycles. The highest BCUT2D eigenvalue weighted by Crippen LogP contribution is 2.15. The summed E-state index contributed by atoms with van der Waals surface area (Å²) in [7, 11) is 0. The van der Waals surface area contributed by atoms with Crippen LogP contribution in [0.1, 0.15) is 13.0 Å². The molecule has 2 rings (SSSR count). The Morgan fingerprint density at radius 3 is 3.00 bits per heavy atom. The van der Waals surface area contributed by atoms with Gasteiger partial charge >= 0.3 is 5.69 Å². The van der Waals surface area contributed by atoms with Crippen LogP contribution in [0.15, 0.2) is 23.0 Å². The molecule has 2 aromatic rings. The van der Waals surface area contributed by atoms with Crippen molar-refractivity contribution < 1.29 is 4.39 Å². The van der Waals surface area contributed by atoms with Gasteiger partial charge < -0.3 is 10.7 Å². The molecule has 3 N–H and O–H groups in total. The zero-order valence-corrected chi connectivity index (χ0v) is 8.33. The summed E-state index contributed by atoms with van der Waals surface area (Å²) in [6.07, 6.45) is 0. The second-order valence-electron chi connectivity index (χ2n) is 3.55. The number of nitrogens with two attached hydrogens (primary N) is 1. The molecule has 1 aromatic carbocycles. The first kappa shape index (κ1) is 9.92. The van der Waals surface area contributed by atoms with Crippen molar-refractivity contribution in [3.05, 3.63) is 34.5 Å². The number of rotatable bonds is 2. The van der Waals surface area contributed by atoms with Crippen LogP contribution in [0.5, 0.6) is 0 Å². The number of benzene rings is 1. The Bertz CT molecular complexity index is 543. The highest BCUT2D eigenvalue weighted by Gasteiger charge is 2.11. The molecule has 1 heterocycles. The second kappa shape index (κ2) is 3.51. The van der Waals surface area contributed by atoms with E-state index in [4.69, 9.17) is 5.73 Å². The lowest BCUT2D eigenvalue weighted by Gasteiger charge is -2.09. The average molecular weight is 209 g/mol. The minimum atomic E-state index is -0.365. The first-order valence-corrected chi connectivity index (χ1v) is 4.73. The maximum absolute atomic E-state index is 12.9. The molecule has 0 amide bonds.